The van der Waals surface area contributed by atoms with Crippen LogP contribution in [0.25, 0.3) is 0 Å². The number of rotatable bonds is 8. The van der Waals surface area contributed by atoms with Gasteiger partial charge in [-0.2, -0.15) is 0 Å². The number of ether oxygens (including phenoxy) is 1. The van der Waals surface area contributed by atoms with Crippen LogP contribution in [-0.4, -0.2) is 67.7 Å². The molecule has 0 unspecified atom stereocenters. The number of urea groups is 1. The Labute approximate surface area is 154 Å². The lowest BCUT2D eigenvalue weighted by atomic mass is 10.3. The molecule has 1 aromatic carbocycles. The number of likely N-dealkylation sites (N-methyl/N-ethyl adjacent to an activating group) is 1. The summed E-state index contributed by atoms with van der Waals surface area (Å²) < 4.78 is 5.64. The topological polar surface area (TPSA) is 76.3 Å². The number of hydrogen-bond acceptors (Lipinski definition) is 3. The summed E-state index contributed by atoms with van der Waals surface area (Å²) in [6.07, 6.45) is 0. The Morgan fingerprint density at radius 1 is 1.21 bits per heavy atom. The van der Waals surface area contributed by atoms with Crippen molar-refractivity contribution in [2.24, 2.45) is 0 Å². The first-order valence-corrected chi connectivity index (χ1v) is 8.34. The third-order valence-corrected chi connectivity index (χ3v) is 3.95. The van der Waals surface area contributed by atoms with Gasteiger partial charge in [-0.25, -0.2) is 4.79 Å². The lowest BCUT2D eigenvalue weighted by Gasteiger charge is -2.27. The number of nitrogens with one attached hydrogen (secondary N) is 1. The Kier molecular flexibility index (Phi) is 10.8. The molecule has 24 heavy (non-hydrogen) atoms. The van der Waals surface area contributed by atoms with Gasteiger partial charge in [0.05, 0.1) is 16.6 Å². The van der Waals surface area contributed by atoms with Gasteiger partial charge in [0, 0.05) is 25.2 Å². The van der Waals surface area contributed by atoms with Crippen molar-refractivity contribution >= 4 is 29.2 Å². The third kappa shape index (κ3) is 8.06. The quantitative estimate of drug-likeness (QED) is 0.753. The monoisotopic (exact) mass is 379 g/mol. The maximum atomic E-state index is 12.2. The minimum atomic E-state index is -0.0837. The van der Waals surface area contributed by atoms with Gasteiger partial charge in [-0.05, 0) is 40.1 Å². The van der Waals surface area contributed by atoms with Crippen LogP contribution in [0.3, 0.4) is 0 Å². The number of carbonyl (C=O) groups excluding carboxylic acids is 1. The van der Waals surface area contributed by atoms with E-state index in [4.69, 9.17) is 27.9 Å². The van der Waals surface area contributed by atoms with Crippen LogP contribution >= 0.6 is 23.2 Å². The highest BCUT2D eigenvalue weighted by molar-refractivity contribution is 6.42. The molecule has 0 aliphatic carbocycles. The zero-order valence-electron chi connectivity index (χ0n) is 14.6. The van der Waals surface area contributed by atoms with Gasteiger partial charge >= 0.3 is 6.03 Å². The molecule has 0 spiro atoms. The first-order chi connectivity index (χ1) is 10.8. The Hall–Kier alpha value is -1.21. The van der Waals surface area contributed by atoms with Crippen molar-refractivity contribution in [3.63, 3.8) is 0 Å². The van der Waals surface area contributed by atoms with Crippen LogP contribution in [-0.2, 0) is 0 Å². The minimum absolute atomic E-state index is 0. The lowest BCUT2D eigenvalue weighted by molar-refractivity contribution is 0.165. The van der Waals surface area contributed by atoms with E-state index in [1.54, 1.807) is 23.1 Å². The number of hydrogen-bond donors (Lipinski definition) is 1. The maximum Gasteiger partial charge on any atom is 0.317 e. The third-order valence-electron chi connectivity index (χ3n) is 3.21. The van der Waals surface area contributed by atoms with Crippen molar-refractivity contribution in [1.82, 2.24) is 15.1 Å². The molecule has 0 radical (unpaired) electrons. The summed E-state index contributed by atoms with van der Waals surface area (Å²) >= 11 is 11.8. The normalized spacial score (nSPS) is 10.5. The summed E-state index contributed by atoms with van der Waals surface area (Å²) in [6, 6.07) is 5.12. The Bertz CT molecular complexity index is 513. The second kappa shape index (κ2) is 11.4. The van der Waals surface area contributed by atoms with Gasteiger partial charge in [0.2, 0.25) is 0 Å². The first-order valence-electron chi connectivity index (χ1n) is 7.58. The SMILES string of the molecule is CC(C)N(CCOc1ccc(Cl)c(Cl)c1)C(=O)NCCN(C)C.O. The second-order valence-electron chi connectivity index (χ2n) is 5.75. The van der Waals surface area contributed by atoms with E-state index in [9.17, 15) is 4.79 Å². The average Bonchev–Trinajstić information content (AvgIpc) is 2.46. The molecule has 0 aliphatic heterocycles. The lowest BCUT2D eigenvalue weighted by Crippen LogP contribution is -2.47. The molecule has 0 atom stereocenters. The fourth-order valence-corrected chi connectivity index (χ4v) is 2.20. The van der Waals surface area contributed by atoms with Crippen molar-refractivity contribution in [3.8, 4) is 5.75 Å². The van der Waals surface area contributed by atoms with Crippen LogP contribution in [0.4, 0.5) is 4.79 Å². The fourth-order valence-electron chi connectivity index (χ4n) is 1.91. The molecule has 8 heteroatoms. The van der Waals surface area contributed by atoms with Gasteiger partial charge in [0.1, 0.15) is 12.4 Å². The van der Waals surface area contributed by atoms with Crippen LogP contribution in [0.15, 0.2) is 18.2 Å². The number of nitrogens with zero attached hydrogens (tertiary/aromatic N) is 2. The molecule has 3 N–H and O–H groups in total. The molecule has 0 fully saturated rings. The number of benzene rings is 1. The Morgan fingerprint density at radius 3 is 2.42 bits per heavy atom. The molecule has 0 bridgehead atoms. The maximum absolute atomic E-state index is 12.2. The molecule has 6 nitrogen and oxygen atoms in total. The Morgan fingerprint density at radius 2 is 1.88 bits per heavy atom. The van der Waals surface area contributed by atoms with E-state index in [-0.39, 0.29) is 17.5 Å². The summed E-state index contributed by atoms with van der Waals surface area (Å²) in [4.78, 5) is 16.0. The van der Waals surface area contributed by atoms with Crippen LogP contribution in [0, 0.1) is 0 Å². The fraction of sp³-hybridized carbons (Fsp3) is 0.562. The molecule has 1 aromatic rings. The zero-order chi connectivity index (χ0) is 17.4. The van der Waals surface area contributed by atoms with Crippen LogP contribution in [0.2, 0.25) is 10.0 Å². The van der Waals surface area contributed by atoms with Crippen molar-refractivity contribution in [2.45, 2.75) is 19.9 Å². The first kappa shape index (κ1) is 22.8. The second-order valence-corrected chi connectivity index (χ2v) is 6.56. The summed E-state index contributed by atoms with van der Waals surface area (Å²) in [7, 11) is 3.94. The summed E-state index contributed by atoms with van der Waals surface area (Å²) in [5.41, 5.74) is 0. The summed E-state index contributed by atoms with van der Waals surface area (Å²) in [6.45, 7) is 6.25. The van der Waals surface area contributed by atoms with Gasteiger partial charge in [-0.1, -0.05) is 23.2 Å². The number of halogens is 2. The zero-order valence-corrected chi connectivity index (χ0v) is 16.1. The van der Waals surface area contributed by atoms with E-state index < -0.39 is 0 Å². The molecular formula is C16H27Cl2N3O3. The highest BCUT2D eigenvalue weighted by Crippen LogP contribution is 2.26. The van der Waals surface area contributed by atoms with Gasteiger partial charge in [-0.3, -0.25) is 0 Å². The average molecular weight is 380 g/mol. The van der Waals surface area contributed by atoms with E-state index in [2.05, 4.69) is 5.32 Å². The molecule has 0 heterocycles. The van der Waals surface area contributed by atoms with Crippen LogP contribution < -0.4 is 10.1 Å². The van der Waals surface area contributed by atoms with Crippen molar-refractivity contribution in [1.29, 1.82) is 0 Å². The highest BCUT2D eigenvalue weighted by atomic mass is 35.5. The largest absolute Gasteiger partial charge is 0.492 e. The number of carbonyl (C=O) groups is 1. The number of amides is 2. The molecule has 0 aliphatic rings. The van der Waals surface area contributed by atoms with Gasteiger partial charge in [0.25, 0.3) is 0 Å². The Balaban J connectivity index is 0.00000529. The molecule has 138 valence electrons. The highest BCUT2D eigenvalue weighted by Gasteiger charge is 2.16. The molecule has 0 saturated heterocycles. The predicted octanol–water partition coefficient (Wildman–Crippen LogP) is 2.53. The standard InChI is InChI=1S/C16H25Cl2N3O2.H2O/c1-12(2)21(16(22)19-7-8-20(3)4)9-10-23-13-5-6-14(17)15(18)11-13;/h5-6,11-12H,7-10H2,1-4H3,(H,19,22);1H2. The molecule has 0 saturated carbocycles. The smallest absolute Gasteiger partial charge is 0.317 e. The molecule has 2 amide bonds. The van der Waals surface area contributed by atoms with Gasteiger partial charge in [-0.15, -0.1) is 0 Å². The van der Waals surface area contributed by atoms with Crippen molar-refractivity contribution in [3.05, 3.63) is 28.2 Å². The van der Waals surface area contributed by atoms with Crippen LogP contribution in [0.5, 0.6) is 5.75 Å². The van der Waals surface area contributed by atoms with Crippen molar-refractivity contribution in [2.75, 3.05) is 40.3 Å². The predicted molar refractivity (Wildman–Crippen MR) is 99.4 cm³/mol. The van der Waals surface area contributed by atoms with Crippen LogP contribution in [0.1, 0.15) is 13.8 Å². The van der Waals surface area contributed by atoms with E-state index in [0.717, 1.165) is 6.54 Å². The van der Waals surface area contributed by atoms with E-state index in [1.807, 2.05) is 32.8 Å². The summed E-state index contributed by atoms with van der Waals surface area (Å²) in [5, 5.41) is 3.85. The summed E-state index contributed by atoms with van der Waals surface area (Å²) in [5.74, 6) is 0.635. The van der Waals surface area contributed by atoms with Gasteiger partial charge in [0.15, 0.2) is 0 Å². The molecule has 1 rings (SSSR count). The van der Waals surface area contributed by atoms with Crippen molar-refractivity contribution < 1.29 is 15.0 Å². The minimum Gasteiger partial charge on any atom is -0.492 e. The molecule has 0 aromatic heterocycles. The van der Waals surface area contributed by atoms with E-state index in [1.165, 1.54) is 0 Å². The van der Waals surface area contributed by atoms with Gasteiger partial charge < -0.3 is 25.3 Å². The van der Waals surface area contributed by atoms with E-state index >= 15 is 0 Å². The van der Waals surface area contributed by atoms with E-state index in [0.29, 0.717) is 35.5 Å². The molecular weight excluding hydrogens is 353 g/mol.